The van der Waals surface area contributed by atoms with E-state index < -0.39 is 0 Å². The van der Waals surface area contributed by atoms with Crippen LogP contribution < -0.4 is 0 Å². The quantitative estimate of drug-likeness (QED) is 0.912. The molecule has 0 aromatic carbocycles. The van der Waals surface area contributed by atoms with Crippen molar-refractivity contribution >= 4 is 17.5 Å². The van der Waals surface area contributed by atoms with Crippen molar-refractivity contribution in [1.29, 1.82) is 0 Å². The Balaban J connectivity index is 2.02. The number of piperidine rings is 1. The second-order valence-corrected chi connectivity index (χ2v) is 5.07. The summed E-state index contributed by atoms with van der Waals surface area (Å²) in [6, 6.07) is 3.33. The molecule has 1 atom stereocenters. The van der Waals surface area contributed by atoms with Gasteiger partial charge in [-0.1, -0.05) is 11.6 Å². The molecule has 1 amide bonds. The molecule has 0 radical (unpaired) electrons. The fourth-order valence-electron chi connectivity index (χ4n) is 2.33. The SMILES string of the molecule is O=C(c1ccc(Cl)cn1)N1CCCC(CCO)C1. The van der Waals surface area contributed by atoms with Crippen LogP contribution in [-0.4, -0.2) is 40.6 Å². The average Bonchev–Trinajstić information content (AvgIpc) is 2.39. The molecule has 1 aliphatic heterocycles. The van der Waals surface area contributed by atoms with E-state index in [1.54, 1.807) is 12.1 Å². The van der Waals surface area contributed by atoms with Gasteiger partial charge in [0.2, 0.25) is 0 Å². The number of likely N-dealkylation sites (tertiary alicyclic amines) is 1. The topological polar surface area (TPSA) is 53.4 Å². The van der Waals surface area contributed by atoms with Crippen LogP contribution in [0.15, 0.2) is 18.3 Å². The second-order valence-electron chi connectivity index (χ2n) is 4.63. The van der Waals surface area contributed by atoms with Gasteiger partial charge in [-0.15, -0.1) is 0 Å². The van der Waals surface area contributed by atoms with E-state index in [1.165, 1.54) is 6.20 Å². The number of hydrogen-bond acceptors (Lipinski definition) is 3. The highest BCUT2D eigenvalue weighted by atomic mass is 35.5. The Labute approximate surface area is 112 Å². The summed E-state index contributed by atoms with van der Waals surface area (Å²) in [6.07, 6.45) is 4.32. The fraction of sp³-hybridized carbons (Fsp3) is 0.538. The molecule has 1 unspecified atom stereocenters. The molecule has 1 aromatic rings. The highest BCUT2D eigenvalue weighted by Crippen LogP contribution is 2.20. The number of carbonyl (C=O) groups excluding carboxylic acids is 1. The van der Waals surface area contributed by atoms with Gasteiger partial charge < -0.3 is 10.0 Å². The lowest BCUT2D eigenvalue weighted by molar-refractivity contribution is 0.0648. The predicted octanol–water partition coefficient (Wildman–Crippen LogP) is 1.97. The highest BCUT2D eigenvalue weighted by molar-refractivity contribution is 6.30. The van der Waals surface area contributed by atoms with Crippen LogP contribution in [0.5, 0.6) is 0 Å². The van der Waals surface area contributed by atoms with E-state index in [0.717, 1.165) is 25.8 Å². The van der Waals surface area contributed by atoms with E-state index in [2.05, 4.69) is 4.98 Å². The van der Waals surface area contributed by atoms with Crippen LogP contribution in [0.3, 0.4) is 0 Å². The number of amides is 1. The highest BCUT2D eigenvalue weighted by Gasteiger charge is 2.24. The third kappa shape index (κ3) is 3.21. The molecule has 1 aromatic heterocycles. The van der Waals surface area contributed by atoms with Gasteiger partial charge in [-0.25, -0.2) is 4.98 Å². The van der Waals surface area contributed by atoms with Crippen molar-refractivity contribution in [2.45, 2.75) is 19.3 Å². The lowest BCUT2D eigenvalue weighted by atomic mass is 9.95. The largest absolute Gasteiger partial charge is 0.396 e. The van der Waals surface area contributed by atoms with Gasteiger partial charge >= 0.3 is 0 Å². The van der Waals surface area contributed by atoms with E-state index in [-0.39, 0.29) is 12.5 Å². The van der Waals surface area contributed by atoms with E-state index in [4.69, 9.17) is 16.7 Å². The lowest BCUT2D eigenvalue weighted by Crippen LogP contribution is -2.40. The number of carbonyl (C=O) groups is 1. The van der Waals surface area contributed by atoms with Gasteiger partial charge in [0.25, 0.3) is 5.91 Å². The minimum Gasteiger partial charge on any atom is -0.396 e. The first kappa shape index (κ1) is 13.3. The van der Waals surface area contributed by atoms with Gasteiger partial charge in [-0.05, 0) is 37.3 Å². The normalized spacial score (nSPS) is 19.9. The number of hydrogen-bond donors (Lipinski definition) is 1. The summed E-state index contributed by atoms with van der Waals surface area (Å²) in [4.78, 5) is 18.1. The first-order chi connectivity index (χ1) is 8.70. The van der Waals surface area contributed by atoms with Crippen LogP contribution in [0.4, 0.5) is 0 Å². The average molecular weight is 269 g/mol. The Morgan fingerprint density at radius 2 is 2.39 bits per heavy atom. The van der Waals surface area contributed by atoms with Gasteiger partial charge in [-0.3, -0.25) is 4.79 Å². The fourth-order valence-corrected chi connectivity index (χ4v) is 2.44. The van der Waals surface area contributed by atoms with Crippen LogP contribution in [0.25, 0.3) is 0 Å². The van der Waals surface area contributed by atoms with Gasteiger partial charge in [-0.2, -0.15) is 0 Å². The Bertz CT molecular complexity index is 406. The number of halogens is 1. The van der Waals surface area contributed by atoms with Crippen LogP contribution >= 0.6 is 11.6 Å². The van der Waals surface area contributed by atoms with Crippen LogP contribution in [0.1, 0.15) is 29.8 Å². The molecular formula is C13H17ClN2O2. The van der Waals surface area contributed by atoms with E-state index in [1.807, 2.05) is 4.90 Å². The maximum Gasteiger partial charge on any atom is 0.272 e. The molecule has 98 valence electrons. The van der Waals surface area contributed by atoms with Crippen molar-refractivity contribution in [1.82, 2.24) is 9.88 Å². The number of aliphatic hydroxyl groups excluding tert-OH is 1. The molecule has 2 heterocycles. The minimum absolute atomic E-state index is 0.0469. The van der Waals surface area contributed by atoms with Gasteiger partial charge in [0.1, 0.15) is 5.69 Å². The van der Waals surface area contributed by atoms with Crippen molar-refractivity contribution in [2.75, 3.05) is 19.7 Å². The third-order valence-electron chi connectivity index (χ3n) is 3.29. The molecule has 0 saturated carbocycles. The van der Waals surface area contributed by atoms with Crippen molar-refractivity contribution < 1.29 is 9.90 Å². The molecular weight excluding hydrogens is 252 g/mol. The molecule has 2 rings (SSSR count). The van der Waals surface area contributed by atoms with Crippen molar-refractivity contribution in [3.05, 3.63) is 29.0 Å². The van der Waals surface area contributed by atoms with Crippen molar-refractivity contribution in [3.63, 3.8) is 0 Å². The van der Waals surface area contributed by atoms with Crippen molar-refractivity contribution in [2.24, 2.45) is 5.92 Å². The van der Waals surface area contributed by atoms with Crippen LogP contribution in [-0.2, 0) is 0 Å². The Kier molecular flexibility index (Phi) is 4.55. The lowest BCUT2D eigenvalue weighted by Gasteiger charge is -2.32. The number of rotatable bonds is 3. The maximum atomic E-state index is 12.2. The zero-order chi connectivity index (χ0) is 13.0. The molecule has 4 nitrogen and oxygen atoms in total. The summed E-state index contributed by atoms with van der Waals surface area (Å²) in [5.74, 6) is 0.356. The summed E-state index contributed by atoms with van der Waals surface area (Å²) in [6.45, 7) is 1.67. The first-order valence-corrected chi connectivity index (χ1v) is 6.60. The Hall–Kier alpha value is -1.13. The number of pyridine rings is 1. The summed E-state index contributed by atoms with van der Waals surface area (Å²) in [5.41, 5.74) is 0.434. The van der Waals surface area contributed by atoms with Crippen LogP contribution in [0.2, 0.25) is 5.02 Å². The summed E-state index contributed by atoms with van der Waals surface area (Å²) in [7, 11) is 0. The van der Waals surface area contributed by atoms with Gasteiger partial charge in [0, 0.05) is 25.9 Å². The van der Waals surface area contributed by atoms with Gasteiger partial charge in [0.05, 0.1) is 5.02 Å². The summed E-state index contributed by atoms with van der Waals surface area (Å²) in [5, 5.41) is 9.49. The number of aliphatic hydroxyl groups is 1. The standard InChI is InChI=1S/C13H17ClN2O2/c14-11-3-4-12(15-8-11)13(18)16-6-1-2-10(9-16)5-7-17/h3-4,8,10,17H,1-2,5-7,9H2. The van der Waals surface area contributed by atoms with Crippen LogP contribution in [0, 0.1) is 5.92 Å². The molecule has 0 aliphatic carbocycles. The van der Waals surface area contributed by atoms with Crippen molar-refractivity contribution in [3.8, 4) is 0 Å². The maximum absolute atomic E-state index is 12.2. The molecule has 1 aliphatic rings. The second kappa shape index (κ2) is 6.16. The molecule has 0 spiro atoms. The Morgan fingerprint density at radius 3 is 3.06 bits per heavy atom. The molecule has 0 bridgehead atoms. The Morgan fingerprint density at radius 1 is 1.56 bits per heavy atom. The van der Waals surface area contributed by atoms with E-state index >= 15 is 0 Å². The summed E-state index contributed by atoms with van der Waals surface area (Å²) < 4.78 is 0. The molecule has 1 saturated heterocycles. The number of aromatic nitrogens is 1. The first-order valence-electron chi connectivity index (χ1n) is 6.22. The molecule has 1 fully saturated rings. The number of nitrogens with zero attached hydrogens (tertiary/aromatic N) is 2. The third-order valence-corrected chi connectivity index (χ3v) is 3.51. The molecule has 1 N–H and O–H groups in total. The molecule has 5 heteroatoms. The zero-order valence-electron chi connectivity index (χ0n) is 10.2. The minimum atomic E-state index is -0.0469. The molecule has 18 heavy (non-hydrogen) atoms. The van der Waals surface area contributed by atoms with E-state index in [0.29, 0.717) is 23.2 Å². The summed E-state index contributed by atoms with van der Waals surface area (Å²) >= 11 is 5.75. The predicted molar refractivity (Wildman–Crippen MR) is 69.6 cm³/mol. The van der Waals surface area contributed by atoms with E-state index in [9.17, 15) is 4.79 Å². The monoisotopic (exact) mass is 268 g/mol. The van der Waals surface area contributed by atoms with Gasteiger partial charge in [0.15, 0.2) is 0 Å². The zero-order valence-corrected chi connectivity index (χ0v) is 10.9. The smallest absolute Gasteiger partial charge is 0.272 e.